The van der Waals surface area contributed by atoms with Gasteiger partial charge in [-0.1, -0.05) is 49.4 Å². The highest BCUT2D eigenvalue weighted by molar-refractivity contribution is 6.04. The standard InChI is InChI=1S/C29H31N3O3/c1-3-23(21-10-5-4-6-11-21)29(33)32-17-9-16-31(18-19-32)28-24-20-22(34-2)14-15-26(24)35-27-13-8-7-12-25(27)30-28/h4-8,10-15,20,23H,3,9,16-19H2,1-2H3/t23-/m1/s1. The molecule has 6 heteroatoms. The number of amidine groups is 1. The lowest BCUT2D eigenvalue weighted by atomic mass is 9.95. The van der Waals surface area contributed by atoms with E-state index in [9.17, 15) is 4.79 Å². The zero-order chi connectivity index (χ0) is 24.2. The molecule has 0 radical (unpaired) electrons. The maximum Gasteiger partial charge on any atom is 0.230 e. The third kappa shape index (κ3) is 4.74. The summed E-state index contributed by atoms with van der Waals surface area (Å²) in [6.45, 7) is 4.99. The molecule has 5 rings (SSSR count). The number of hydrogen-bond acceptors (Lipinski definition) is 5. The van der Waals surface area contributed by atoms with Crippen LogP contribution in [0.3, 0.4) is 0 Å². The summed E-state index contributed by atoms with van der Waals surface area (Å²) >= 11 is 0. The van der Waals surface area contributed by atoms with E-state index in [0.717, 1.165) is 65.8 Å². The minimum Gasteiger partial charge on any atom is -0.497 e. The van der Waals surface area contributed by atoms with Crippen LogP contribution in [0.5, 0.6) is 17.2 Å². The Labute approximate surface area is 206 Å². The van der Waals surface area contributed by atoms with Crippen LogP contribution in [0.15, 0.2) is 77.8 Å². The first-order valence-electron chi connectivity index (χ1n) is 12.3. The molecule has 1 amide bonds. The Hall–Kier alpha value is -3.80. The summed E-state index contributed by atoms with van der Waals surface area (Å²) in [5, 5.41) is 0. The topological polar surface area (TPSA) is 54.4 Å². The van der Waals surface area contributed by atoms with Crippen molar-refractivity contribution in [2.24, 2.45) is 4.99 Å². The molecule has 6 nitrogen and oxygen atoms in total. The second-order valence-electron chi connectivity index (χ2n) is 8.90. The second kappa shape index (κ2) is 10.2. The molecule has 2 aliphatic rings. The second-order valence-corrected chi connectivity index (χ2v) is 8.90. The van der Waals surface area contributed by atoms with Gasteiger partial charge in [0, 0.05) is 26.2 Å². The summed E-state index contributed by atoms with van der Waals surface area (Å²) in [6.07, 6.45) is 1.66. The Bertz CT molecular complexity index is 1220. The summed E-state index contributed by atoms with van der Waals surface area (Å²) < 4.78 is 11.8. The van der Waals surface area contributed by atoms with Crippen LogP contribution in [0.4, 0.5) is 5.69 Å². The van der Waals surface area contributed by atoms with E-state index < -0.39 is 0 Å². The van der Waals surface area contributed by atoms with Gasteiger partial charge in [0.25, 0.3) is 0 Å². The van der Waals surface area contributed by atoms with Crippen molar-refractivity contribution in [3.05, 3.63) is 83.9 Å². The third-order valence-corrected chi connectivity index (χ3v) is 6.75. The lowest BCUT2D eigenvalue weighted by Gasteiger charge is -2.27. The Morgan fingerprint density at radius 1 is 0.971 bits per heavy atom. The van der Waals surface area contributed by atoms with Crippen molar-refractivity contribution in [3.63, 3.8) is 0 Å². The van der Waals surface area contributed by atoms with E-state index >= 15 is 0 Å². The first-order valence-corrected chi connectivity index (χ1v) is 12.3. The Kier molecular flexibility index (Phi) is 6.70. The summed E-state index contributed by atoms with van der Waals surface area (Å²) in [5.74, 6) is 3.19. The third-order valence-electron chi connectivity index (χ3n) is 6.75. The number of amides is 1. The van der Waals surface area contributed by atoms with Gasteiger partial charge in [0.05, 0.1) is 18.6 Å². The average molecular weight is 470 g/mol. The van der Waals surface area contributed by atoms with Gasteiger partial charge in [0.1, 0.15) is 23.0 Å². The molecular weight excluding hydrogens is 438 g/mol. The molecule has 3 aromatic rings. The number of benzene rings is 3. The first kappa shape index (κ1) is 23.0. The van der Waals surface area contributed by atoms with Gasteiger partial charge in [0.2, 0.25) is 5.91 Å². The van der Waals surface area contributed by atoms with E-state index in [1.54, 1.807) is 7.11 Å². The van der Waals surface area contributed by atoms with E-state index in [0.29, 0.717) is 13.1 Å². The van der Waals surface area contributed by atoms with Crippen LogP contribution in [0.1, 0.15) is 36.8 Å². The highest BCUT2D eigenvalue weighted by atomic mass is 16.5. The lowest BCUT2D eigenvalue weighted by Crippen LogP contribution is -2.39. The number of hydrogen-bond donors (Lipinski definition) is 0. The molecule has 2 aliphatic heterocycles. The maximum absolute atomic E-state index is 13.5. The monoisotopic (exact) mass is 469 g/mol. The number of rotatable bonds is 4. The van der Waals surface area contributed by atoms with Gasteiger partial charge in [-0.2, -0.15) is 0 Å². The van der Waals surface area contributed by atoms with Crippen LogP contribution < -0.4 is 9.47 Å². The molecule has 180 valence electrons. The fourth-order valence-electron chi connectivity index (χ4n) is 4.88. The van der Waals surface area contributed by atoms with Crippen molar-refractivity contribution in [1.29, 1.82) is 0 Å². The fraction of sp³-hybridized carbons (Fsp3) is 0.310. The minimum atomic E-state index is -0.108. The van der Waals surface area contributed by atoms with Crippen molar-refractivity contribution in [1.82, 2.24) is 9.80 Å². The highest BCUT2D eigenvalue weighted by Crippen LogP contribution is 2.39. The van der Waals surface area contributed by atoms with Gasteiger partial charge < -0.3 is 19.3 Å². The molecule has 1 saturated heterocycles. The van der Waals surface area contributed by atoms with E-state index in [1.807, 2.05) is 65.6 Å². The number of carbonyl (C=O) groups excluding carboxylic acids is 1. The minimum absolute atomic E-state index is 0.108. The molecule has 1 fully saturated rings. The average Bonchev–Trinajstić information content (AvgIpc) is 3.24. The number of carbonyl (C=O) groups is 1. The smallest absolute Gasteiger partial charge is 0.230 e. The summed E-state index contributed by atoms with van der Waals surface area (Å²) in [5.41, 5.74) is 2.78. The summed E-state index contributed by atoms with van der Waals surface area (Å²) in [7, 11) is 1.66. The summed E-state index contributed by atoms with van der Waals surface area (Å²) in [6, 6.07) is 23.8. The Balaban J connectivity index is 1.42. The first-order chi connectivity index (χ1) is 17.2. The lowest BCUT2D eigenvalue weighted by molar-refractivity contribution is -0.132. The van der Waals surface area contributed by atoms with Crippen molar-refractivity contribution < 1.29 is 14.3 Å². The zero-order valence-electron chi connectivity index (χ0n) is 20.3. The number of ether oxygens (including phenoxy) is 2. The molecule has 0 aliphatic carbocycles. The largest absolute Gasteiger partial charge is 0.497 e. The highest BCUT2D eigenvalue weighted by Gasteiger charge is 2.29. The molecular formula is C29H31N3O3. The molecule has 2 heterocycles. The Morgan fingerprint density at radius 3 is 2.57 bits per heavy atom. The molecule has 0 bridgehead atoms. The van der Waals surface area contributed by atoms with Crippen LogP contribution in [0, 0.1) is 0 Å². The predicted octanol–water partition coefficient (Wildman–Crippen LogP) is 5.61. The molecule has 0 aromatic heterocycles. The SMILES string of the molecule is CC[C@@H](C(=O)N1CCCN(C2=Nc3ccccc3Oc3ccc(OC)cc32)CC1)c1ccccc1. The molecule has 0 N–H and O–H groups in total. The number of nitrogens with zero attached hydrogens (tertiary/aromatic N) is 3. The van der Waals surface area contributed by atoms with Crippen molar-refractivity contribution in [3.8, 4) is 17.2 Å². The van der Waals surface area contributed by atoms with Crippen LogP contribution in [0.2, 0.25) is 0 Å². The van der Waals surface area contributed by atoms with Gasteiger partial charge in [-0.05, 0) is 48.7 Å². The number of para-hydroxylation sites is 2. The maximum atomic E-state index is 13.5. The molecule has 0 unspecified atom stereocenters. The van der Waals surface area contributed by atoms with Gasteiger partial charge in [0.15, 0.2) is 5.75 Å². The van der Waals surface area contributed by atoms with E-state index in [4.69, 9.17) is 14.5 Å². The molecule has 0 saturated carbocycles. The molecule has 3 aromatic carbocycles. The van der Waals surface area contributed by atoms with Crippen LogP contribution in [0.25, 0.3) is 0 Å². The number of methoxy groups -OCH3 is 1. The number of fused-ring (bicyclic) bond motifs is 2. The normalized spacial score (nSPS) is 16.1. The van der Waals surface area contributed by atoms with Gasteiger partial charge in [-0.25, -0.2) is 4.99 Å². The van der Waals surface area contributed by atoms with Crippen LogP contribution in [-0.4, -0.2) is 54.8 Å². The fourth-order valence-corrected chi connectivity index (χ4v) is 4.88. The Morgan fingerprint density at radius 2 is 1.77 bits per heavy atom. The van der Waals surface area contributed by atoms with E-state index in [2.05, 4.69) is 24.0 Å². The van der Waals surface area contributed by atoms with Crippen molar-refractivity contribution >= 4 is 17.4 Å². The van der Waals surface area contributed by atoms with Crippen molar-refractivity contribution in [2.75, 3.05) is 33.3 Å². The quantitative estimate of drug-likeness (QED) is 0.499. The molecule has 1 atom stereocenters. The van der Waals surface area contributed by atoms with E-state index in [1.165, 1.54) is 0 Å². The van der Waals surface area contributed by atoms with E-state index in [-0.39, 0.29) is 11.8 Å². The molecule has 0 spiro atoms. The van der Waals surface area contributed by atoms with Crippen LogP contribution in [-0.2, 0) is 4.79 Å². The van der Waals surface area contributed by atoms with Crippen LogP contribution >= 0.6 is 0 Å². The zero-order valence-corrected chi connectivity index (χ0v) is 20.3. The van der Waals surface area contributed by atoms with Crippen molar-refractivity contribution in [2.45, 2.75) is 25.7 Å². The van der Waals surface area contributed by atoms with Gasteiger partial charge in [-0.3, -0.25) is 4.79 Å². The predicted molar refractivity (Wildman–Crippen MR) is 138 cm³/mol. The number of aliphatic imine (C=N–C) groups is 1. The van der Waals surface area contributed by atoms with Gasteiger partial charge in [-0.15, -0.1) is 0 Å². The molecule has 35 heavy (non-hydrogen) atoms. The van der Waals surface area contributed by atoms with Gasteiger partial charge >= 0.3 is 0 Å². The summed E-state index contributed by atoms with van der Waals surface area (Å²) in [4.78, 5) is 22.9.